The molecule has 0 fully saturated rings. The summed E-state index contributed by atoms with van der Waals surface area (Å²) in [5.41, 5.74) is 2.30. The molecule has 0 spiro atoms. The van der Waals surface area contributed by atoms with Crippen molar-refractivity contribution in [3.8, 4) is 5.75 Å². The van der Waals surface area contributed by atoms with Gasteiger partial charge in [-0.1, -0.05) is 30.0 Å². The molecule has 0 amide bonds. The van der Waals surface area contributed by atoms with Gasteiger partial charge in [-0.25, -0.2) is 4.98 Å². The number of benzene rings is 1. The molecule has 0 aliphatic heterocycles. The van der Waals surface area contributed by atoms with E-state index in [9.17, 15) is 4.79 Å². The van der Waals surface area contributed by atoms with Crippen LogP contribution in [0.2, 0.25) is 0 Å². The van der Waals surface area contributed by atoms with Crippen molar-refractivity contribution in [2.75, 3.05) is 12.9 Å². The quantitative estimate of drug-likeness (QED) is 0.338. The van der Waals surface area contributed by atoms with Crippen molar-refractivity contribution in [2.45, 2.75) is 32.0 Å². The third-order valence-electron chi connectivity index (χ3n) is 4.35. The molecule has 3 aromatic rings. The average Bonchev–Trinajstić information content (AvgIpc) is 2.93. The first-order valence-corrected chi connectivity index (χ1v) is 10.2. The van der Waals surface area contributed by atoms with E-state index in [-0.39, 0.29) is 5.56 Å². The molecule has 0 saturated carbocycles. The zero-order chi connectivity index (χ0) is 18.7. The second-order valence-corrected chi connectivity index (χ2v) is 8.27. The van der Waals surface area contributed by atoms with E-state index in [1.54, 1.807) is 40.9 Å². The Morgan fingerprint density at radius 2 is 2.04 bits per heavy atom. The minimum Gasteiger partial charge on any atom is -0.497 e. The van der Waals surface area contributed by atoms with Crippen LogP contribution >= 0.6 is 23.1 Å². The Labute approximate surface area is 161 Å². The number of ether oxygens (including phenoxy) is 1. The van der Waals surface area contributed by atoms with Crippen molar-refractivity contribution >= 4 is 33.3 Å². The lowest BCUT2D eigenvalue weighted by molar-refractivity contribution is 0.414. The molecule has 6 heteroatoms. The van der Waals surface area contributed by atoms with Crippen LogP contribution in [0.25, 0.3) is 10.2 Å². The summed E-state index contributed by atoms with van der Waals surface area (Å²) in [5, 5.41) is 1.51. The van der Waals surface area contributed by atoms with E-state index in [0.29, 0.717) is 6.54 Å². The summed E-state index contributed by atoms with van der Waals surface area (Å²) in [5.74, 6) is 1.71. The number of fused-ring (bicyclic) bond motifs is 1. The van der Waals surface area contributed by atoms with Crippen LogP contribution in [0.3, 0.4) is 0 Å². The van der Waals surface area contributed by atoms with Gasteiger partial charge in [0.2, 0.25) is 0 Å². The molecule has 2 heterocycles. The van der Waals surface area contributed by atoms with Crippen LogP contribution in [-0.4, -0.2) is 22.4 Å². The molecule has 0 N–H and O–H groups in total. The zero-order valence-electron chi connectivity index (χ0n) is 15.2. The molecular weight excluding hydrogens is 364 g/mol. The molecule has 0 radical (unpaired) electrons. The number of hydrogen-bond acceptors (Lipinski definition) is 5. The van der Waals surface area contributed by atoms with Crippen molar-refractivity contribution in [3.05, 3.63) is 63.3 Å². The van der Waals surface area contributed by atoms with Crippen molar-refractivity contribution in [1.82, 2.24) is 9.55 Å². The second kappa shape index (κ2) is 8.10. The van der Waals surface area contributed by atoms with Gasteiger partial charge in [0.15, 0.2) is 5.16 Å². The maximum Gasteiger partial charge on any atom is 0.263 e. The van der Waals surface area contributed by atoms with Gasteiger partial charge in [0.25, 0.3) is 5.56 Å². The van der Waals surface area contributed by atoms with E-state index >= 15 is 0 Å². The molecule has 0 aliphatic carbocycles. The van der Waals surface area contributed by atoms with Crippen molar-refractivity contribution in [1.29, 1.82) is 0 Å². The minimum absolute atomic E-state index is 0.0312. The molecule has 0 unspecified atom stereocenters. The maximum absolute atomic E-state index is 12.9. The molecule has 2 aromatic heterocycles. The zero-order valence-corrected chi connectivity index (χ0v) is 16.9. The van der Waals surface area contributed by atoms with Gasteiger partial charge in [0.1, 0.15) is 10.6 Å². The van der Waals surface area contributed by atoms with Gasteiger partial charge in [-0.2, -0.15) is 0 Å². The van der Waals surface area contributed by atoms with Crippen molar-refractivity contribution in [2.24, 2.45) is 0 Å². The van der Waals surface area contributed by atoms with Crippen molar-refractivity contribution in [3.63, 3.8) is 0 Å². The highest BCUT2D eigenvalue weighted by Gasteiger charge is 2.16. The van der Waals surface area contributed by atoms with E-state index in [4.69, 9.17) is 9.72 Å². The summed E-state index contributed by atoms with van der Waals surface area (Å²) in [6, 6.07) is 8.07. The monoisotopic (exact) mass is 386 g/mol. The predicted octanol–water partition coefficient (Wildman–Crippen LogP) is 4.60. The van der Waals surface area contributed by atoms with Gasteiger partial charge in [-0.05, 0) is 43.5 Å². The lowest BCUT2D eigenvalue weighted by Crippen LogP contribution is -2.22. The van der Waals surface area contributed by atoms with Crippen LogP contribution in [0.4, 0.5) is 0 Å². The van der Waals surface area contributed by atoms with Gasteiger partial charge >= 0.3 is 0 Å². The molecule has 3 rings (SSSR count). The summed E-state index contributed by atoms with van der Waals surface area (Å²) in [6.45, 7) is 8.29. The van der Waals surface area contributed by atoms with Gasteiger partial charge < -0.3 is 4.74 Å². The minimum atomic E-state index is 0.0312. The second-order valence-electron chi connectivity index (χ2n) is 6.01. The number of hydrogen-bond donors (Lipinski definition) is 0. The Kier molecular flexibility index (Phi) is 5.84. The maximum atomic E-state index is 12.9. The Morgan fingerprint density at radius 1 is 1.31 bits per heavy atom. The number of thioether (sulfide) groups is 1. The average molecular weight is 387 g/mol. The van der Waals surface area contributed by atoms with Crippen molar-refractivity contribution < 1.29 is 4.74 Å². The fraction of sp³-hybridized carbons (Fsp3) is 0.300. The Hall–Kier alpha value is -2.05. The third kappa shape index (κ3) is 3.71. The van der Waals surface area contributed by atoms with E-state index < -0.39 is 0 Å². The molecule has 0 saturated heterocycles. The highest BCUT2D eigenvalue weighted by Crippen LogP contribution is 2.28. The van der Waals surface area contributed by atoms with E-state index in [0.717, 1.165) is 43.7 Å². The summed E-state index contributed by atoms with van der Waals surface area (Å²) in [4.78, 5) is 19.7. The van der Waals surface area contributed by atoms with E-state index in [2.05, 4.69) is 18.7 Å². The fourth-order valence-corrected chi connectivity index (χ4v) is 4.83. The van der Waals surface area contributed by atoms with Crippen LogP contribution in [0.15, 0.2) is 46.9 Å². The third-order valence-corrected chi connectivity index (χ3v) is 6.43. The van der Waals surface area contributed by atoms with Gasteiger partial charge in [0, 0.05) is 17.2 Å². The van der Waals surface area contributed by atoms with Crippen LogP contribution < -0.4 is 10.3 Å². The van der Waals surface area contributed by atoms with Crippen LogP contribution in [0, 0.1) is 13.8 Å². The first-order valence-electron chi connectivity index (χ1n) is 8.42. The van der Waals surface area contributed by atoms with E-state index in [1.807, 2.05) is 26.0 Å². The smallest absolute Gasteiger partial charge is 0.263 e. The highest BCUT2D eigenvalue weighted by molar-refractivity contribution is 7.99. The van der Waals surface area contributed by atoms with Crippen LogP contribution in [0.1, 0.15) is 16.0 Å². The van der Waals surface area contributed by atoms with Gasteiger partial charge in [0.05, 0.1) is 12.5 Å². The number of thiophene rings is 1. The molecule has 0 bridgehead atoms. The van der Waals surface area contributed by atoms with Gasteiger partial charge in [-0.3, -0.25) is 9.36 Å². The first-order chi connectivity index (χ1) is 12.5. The van der Waals surface area contributed by atoms with E-state index in [1.165, 1.54) is 5.56 Å². The molecule has 26 heavy (non-hydrogen) atoms. The number of rotatable bonds is 7. The summed E-state index contributed by atoms with van der Waals surface area (Å²) < 4.78 is 6.92. The SMILES string of the molecule is C=CCn1c(SCCc2ccc(OC)cc2)nc2sc(C)c(C)c2c1=O. The molecule has 136 valence electrons. The number of methoxy groups -OCH3 is 1. The summed E-state index contributed by atoms with van der Waals surface area (Å²) in [6.07, 6.45) is 2.65. The normalized spacial score (nSPS) is 11.0. The Balaban J connectivity index is 1.84. The molecule has 1 aromatic carbocycles. The molecule has 0 aliphatic rings. The molecule has 4 nitrogen and oxygen atoms in total. The summed E-state index contributed by atoms with van der Waals surface area (Å²) >= 11 is 3.21. The van der Waals surface area contributed by atoms with Gasteiger partial charge in [-0.15, -0.1) is 17.9 Å². The number of aromatic nitrogens is 2. The lowest BCUT2D eigenvalue weighted by Gasteiger charge is -2.10. The number of nitrogens with zero attached hydrogens (tertiary/aromatic N) is 2. The topological polar surface area (TPSA) is 44.1 Å². The Bertz CT molecular complexity index is 988. The molecular formula is C20H22N2O2S2. The van der Waals surface area contributed by atoms with Crippen LogP contribution in [-0.2, 0) is 13.0 Å². The largest absolute Gasteiger partial charge is 0.497 e. The fourth-order valence-electron chi connectivity index (χ4n) is 2.76. The standard InChI is InChI=1S/C20H22N2O2S2/c1-5-11-22-19(23)17-13(2)14(3)26-18(17)21-20(22)25-12-10-15-6-8-16(24-4)9-7-15/h5-9H,1,10-12H2,2-4H3. The number of aryl methyl sites for hydroxylation is 3. The Morgan fingerprint density at radius 3 is 2.69 bits per heavy atom. The van der Waals surface area contributed by atoms with Crippen LogP contribution in [0.5, 0.6) is 5.75 Å². The first kappa shape index (κ1) is 18.7. The predicted molar refractivity (Wildman–Crippen MR) is 111 cm³/mol. The molecule has 0 atom stereocenters. The number of allylic oxidation sites excluding steroid dienone is 1. The summed E-state index contributed by atoms with van der Waals surface area (Å²) in [7, 11) is 1.67. The lowest BCUT2D eigenvalue weighted by atomic mass is 10.2. The highest BCUT2D eigenvalue weighted by atomic mass is 32.2.